The molecule has 1 aromatic heterocycles. The number of rotatable bonds is 6. The fraction of sp³-hybridized carbons (Fsp3) is 0.0526. The van der Waals surface area contributed by atoms with Crippen LogP contribution >= 0.6 is 23.5 Å². The molecule has 0 aliphatic rings. The Morgan fingerprint density at radius 2 is 1.57 bits per heavy atom. The maximum Gasteiger partial charge on any atom is 0.194 e. The van der Waals surface area contributed by atoms with E-state index in [9.17, 15) is 4.79 Å². The maximum atomic E-state index is 12.7. The predicted molar refractivity (Wildman–Crippen MR) is 97.1 cm³/mol. The second kappa shape index (κ2) is 7.99. The first-order chi connectivity index (χ1) is 11.3. The van der Waals surface area contributed by atoms with E-state index in [0.717, 1.165) is 9.98 Å². The molecule has 0 radical (unpaired) electrons. The summed E-state index contributed by atoms with van der Waals surface area (Å²) in [5, 5.41) is 0.838. The summed E-state index contributed by atoms with van der Waals surface area (Å²) in [6.45, 7) is 0. The van der Waals surface area contributed by atoms with Crippen molar-refractivity contribution in [1.82, 2.24) is 4.98 Å². The first kappa shape index (κ1) is 15.8. The highest BCUT2D eigenvalue weighted by molar-refractivity contribution is 8.16. The van der Waals surface area contributed by atoms with Crippen LogP contribution in [0.15, 0.2) is 88.9 Å². The molecule has 0 aliphatic heterocycles. The normalized spacial score (nSPS) is 10.4. The molecule has 4 heteroatoms. The number of ketones is 1. The second-order valence-electron chi connectivity index (χ2n) is 4.79. The number of benzene rings is 2. The zero-order chi connectivity index (χ0) is 15.9. The van der Waals surface area contributed by atoms with Gasteiger partial charge in [0, 0.05) is 38.4 Å². The number of carbonyl (C=O) groups excluding carboxylic acids is 1. The Labute approximate surface area is 144 Å². The number of aromatic nitrogens is 1. The molecule has 3 aromatic rings. The van der Waals surface area contributed by atoms with Crippen LogP contribution in [0.5, 0.6) is 0 Å². The lowest BCUT2D eigenvalue weighted by molar-refractivity contribution is 0.103. The topological polar surface area (TPSA) is 30.0 Å². The Balaban J connectivity index is 1.72. The summed E-state index contributed by atoms with van der Waals surface area (Å²) in [7, 11) is 0. The molecule has 0 spiro atoms. The van der Waals surface area contributed by atoms with Gasteiger partial charge in [-0.05, 0) is 18.2 Å². The lowest BCUT2D eigenvalue weighted by Gasteiger charge is -2.08. The Kier molecular flexibility index (Phi) is 5.51. The summed E-state index contributed by atoms with van der Waals surface area (Å²) in [5.74, 6) is 0.0419. The van der Waals surface area contributed by atoms with Crippen LogP contribution in [0.1, 0.15) is 15.9 Å². The van der Waals surface area contributed by atoms with E-state index >= 15 is 0 Å². The summed E-state index contributed by atoms with van der Waals surface area (Å²) in [6.07, 6.45) is 3.44. The second-order valence-corrected chi connectivity index (χ2v) is 7.22. The standard InChI is InChI=1S/C19H15NOS2/c21-19(15-7-3-1-4-8-15)17-11-12-20-13-18(17)23-14-22-16-9-5-2-6-10-16/h1-13H,14H2. The van der Waals surface area contributed by atoms with Gasteiger partial charge in [0.1, 0.15) is 0 Å². The number of hydrogen-bond acceptors (Lipinski definition) is 4. The lowest BCUT2D eigenvalue weighted by atomic mass is 10.0. The molecule has 0 aliphatic carbocycles. The van der Waals surface area contributed by atoms with Crippen LogP contribution in [0.3, 0.4) is 0 Å². The van der Waals surface area contributed by atoms with E-state index in [1.54, 1.807) is 42.0 Å². The van der Waals surface area contributed by atoms with E-state index in [-0.39, 0.29) is 5.78 Å². The van der Waals surface area contributed by atoms with Gasteiger partial charge in [-0.3, -0.25) is 9.78 Å². The average Bonchev–Trinajstić information content (AvgIpc) is 2.63. The van der Waals surface area contributed by atoms with Gasteiger partial charge in [-0.25, -0.2) is 0 Å². The van der Waals surface area contributed by atoms with Crippen molar-refractivity contribution < 1.29 is 4.79 Å². The van der Waals surface area contributed by atoms with Gasteiger partial charge < -0.3 is 0 Å². The third-order valence-corrected chi connectivity index (χ3v) is 5.43. The molecule has 2 aromatic carbocycles. The van der Waals surface area contributed by atoms with E-state index in [1.807, 2.05) is 48.5 Å². The van der Waals surface area contributed by atoms with Crippen molar-refractivity contribution in [1.29, 1.82) is 0 Å². The molecular formula is C19H15NOS2. The third-order valence-electron chi connectivity index (χ3n) is 3.25. The zero-order valence-electron chi connectivity index (χ0n) is 12.4. The third kappa shape index (κ3) is 4.24. The van der Waals surface area contributed by atoms with E-state index in [4.69, 9.17) is 0 Å². The largest absolute Gasteiger partial charge is 0.289 e. The highest BCUT2D eigenvalue weighted by Gasteiger charge is 2.13. The first-order valence-corrected chi connectivity index (χ1v) is 9.16. The Hall–Kier alpha value is -2.04. The van der Waals surface area contributed by atoms with Crippen LogP contribution in [0.4, 0.5) is 0 Å². The Morgan fingerprint density at radius 3 is 2.30 bits per heavy atom. The van der Waals surface area contributed by atoms with Crippen molar-refractivity contribution in [2.24, 2.45) is 0 Å². The van der Waals surface area contributed by atoms with Crippen molar-refractivity contribution >= 4 is 29.3 Å². The van der Waals surface area contributed by atoms with Gasteiger partial charge in [0.15, 0.2) is 5.78 Å². The Morgan fingerprint density at radius 1 is 0.870 bits per heavy atom. The number of thioether (sulfide) groups is 2. The molecule has 0 saturated carbocycles. The van der Waals surface area contributed by atoms with E-state index < -0.39 is 0 Å². The first-order valence-electron chi connectivity index (χ1n) is 7.19. The molecule has 0 fully saturated rings. The van der Waals surface area contributed by atoms with Gasteiger partial charge in [-0.15, -0.1) is 23.5 Å². The van der Waals surface area contributed by atoms with Crippen molar-refractivity contribution in [3.8, 4) is 0 Å². The number of nitrogens with zero attached hydrogens (tertiary/aromatic N) is 1. The smallest absolute Gasteiger partial charge is 0.194 e. The molecule has 2 nitrogen and oxygen atoms in total. The lowest BCUT2D eigenvalue weighted by Crippen LogP contribution is -2.03. The van der Waals surface area contributed by atoms with Gasteiger partial charge >= 0.3 is 0 Å². The van der Waals surface area contributed by atoms with E-state index in [1.165, 1.54) is 4.90 Å². The van der Waals surface area contributed by atoms with Crippen molar-refractivity contribution in [2.45, 2.75) is 9.79 Å². The molecule has 0 atom stereocenters. The number of hydrogen-bond donors (Lipinski definition) is 0. The molecule has 23 heavy (non-hydrogen) atoms. The predicted octanol–water partition coefficient (Wildman–Crippen LogP) is 5.15. The average molecular weight is 337 g/mol. The minimum absolute atomic E-state index is 0.0419. The van der Waals surface area contributed by atoms with E-state index in [2.05, 4.69) is 17.1 Å². The molecule has 0 N–H and O–H groups in total. The number of pyridine rings is 1. The van der Waals surface area contributed by atoms with Gasteiger partial charge in [0.05, 0.1) is 0 Å². The molecule has 0 amide bonds. The molecule has 114 valence electrons. The fourth-order valence-corrected chi connectivity index (χ4v) is 4.19. The molecule has 0 saturated heterocycles. The van der Waals surface area contributed by atoms with Crippen molar-refractivity contribution in [2.75, 3.05) is 5.08 Å². The minimum Gasteiger partial charge on any atom is -0.289 e. The van der Waals surface area contributed by atoms with Crippen LogP contribution in [0.2, 0.25) is 0 Å². The zero-order valence-corrected chi connectivity index (χ0v) is 14.0. The summed E-state index contributed by atoms with van der Waals surface area (Å²) in [4.78, 5) is 19.0. The molecule has 0 bridgehead atoms. The van der Waals surface area contributed by atoms with Crippen LogP contribution < -0.4 is 0 Å². The monoisotopic (exact) mass is 337 g/mol. The molecule has 3 rings (SSSR count). The molecular weight excluding hydrogens is 322 g/mol. The van der Waals surface area contributed by atoms with E-state index in [0.29, 0.717) is 11.1 Å². The number of carbonyl (C=O) groups is 1. The minimum atomic E-state index is 0.0419. The van der Waals surface area contributed by atoms with Gasteiger partial charge in [-0.1, -0.05) is 48.5 Å². The van der Waals surface area contributed by atoms with Crippen LogP contribution in [0.25, 0.3) is 0 Å². The highest BCUT2D eigenvalue weighted by Crippen LogP contribution is 2.30. The summed E-state index contributed by atoms with van der Waals surface area (Å²) in [5.41, 5.74) is 1.42. The van der Waals surface area contributed by atoms with Crippen LogP contribution in [-0.4, -0.2) is 15.9 Å². The van der Waals surface area contributed by atoms with Gasteiger partial charge in [0.2, 0.25) is 0 Å². The summed E-state index contributed by atoms with van der Waals surface area (Å²) < 4.78 is 0. The van der Waals surface area contributed by atoms with Crippen molar-refractivity contribution in [3.05, 3.63) is 90.3 Å². The van der Waals surface area contributed by atoms with Crippen LogP contribution in [0, 0.1) is 0 Å². The van der Waals surface area contributed by atoms with Gasteiger partial charge in [0.25, 0.3) is 0 Å². The van der Waals surface area contributed by atoms with Crippen LogP contribution in [-0.2, 0) is 0 Å². The molecule has 0 unspecified atom stereocenters. The summed E-state index contributed by atoms with van der Waals surface area (Å²) in [6, 6.07) is 21.4. The quantitative estimate of drug-likeness (QED) is 0.353. The SMILES string of the molecule is O=C(c1ccccc1)c1ccncc1SCSc1ccccc1. The van der Waals surface area contributed by atoms with Gasteiger partial charge in [-0.2, -0.15) is 0 Å². The maximum absolute atomic E-state index is 12.7. The Bertz CT molecular complexity index is 776. The summed E-state index contributed by atoms with van der Waals surface area (Å²) >= 11 is 3.40. The fourth-order valence-electron chi connectivity index (χ4n) is 2.11. The van der Waals surface area contributed by atoms with Crippen molar-refractivity contribution in [3.63, 3.8) is 0 Å². The molecule has 1 heterocycles. The highest BCUT2D eigenvalue weighted by atomic mass is 32.2.